The number of unbranched alkanes of at least 4 members (excludes halogenated alkanes) is 4. The van der Waals surface area contributed by atoms with Gasteiger partial charge in [0.05, 0.1) is 0 Å². The van der Waals surface area contributed by atoms with Gasteiger partial charge in [0, 0.05) is 13.2 Å². The third kappa shape index (κ3) is 46.4. The molecule has 0 atom stereocenters. The van der Waals surface area contributed by atoms with E-state index in [2.05, 4.69) is 13.8 Å². The largest absolute Gasteiger partial charge is 1.00 e. The predicted octanol–water partition coefficient (Wildman–Crippen LogP) is -0.429. The van der Waals surface area contributed by atoms with E-state index in [0.717, 1.165) is 13.2 Å². The molecule has 0 aromatic heterocycles. The van der Waals surface area contributed by atoms with Crippen LogP contribution in [0.15, 0.2) is 0 Å². The zero-order chi connectivity index (χ0) is 12.9. The molecule has 0 saturated heterocycles. The zero-order valence-electron chi connectivity index (χ0n) is 12.3. The van der Waals surface area contributed by atoms with Gasteiger partial charge in [-0.1, -0.05) is 39.5 Å². The van der Waals surface area contributed by atoms with Crippen molar-refractivity contribution in [2.75, 3.05) is 13.2 Å². The summed E-state index contributed by atoms with van der Waals surface area (Å²) < 4.78 is 14.3. The molecule has 0 saturated carbocycles. The molecule has 17 heavy (non-hydrogen) atoms. The average molecular weight is 296 g/mol. The van der Waals surface area contributed by atoms with E-state index < -0.39 is 7.82 Å². The van der Waals surface area contributed by atoms with E-state index in [9.17, 15) is 0 Å². The maximum Gasteiger partial charge on any atom is 1.00 e. The van der Waals surface area contributed by atoms with Gasteiger partial charge in [0.2, 0.25) is 0 Å². The Balaban J connectivity index is -0.000000122. The molecular formula is C10H26KO5P. The molecule has 0 rings (SSSR count). The first-order valence-corrected chi connectivity index (χ1v) is 7.34. The summed E-state index contributed by atoms with van der Waals surface area (Å²) in [5.41, 5.74) is 0. The molecule has 0 aromatic rings. The molecular weight excluding hydrogens is 270 g/mol. The van der Waals surface area contributed by atoms with Crippen molar-refractivity contribution in [1.82, 2.24) is 0 Å². The fourth-order valence-electron chi connectivity index (χ4n) is 1.01. The molecule has 0 fully saturated rings. The van der Waals surface area contributed by atoms with Crippen LogP contribution in [0.1, 0.15) is 53.8 Å². The first-order valence-electron chi connectivity index (χ1n) is 5.77. The quantitative estimate of drug-likeness (QED) is 0.321. The Kier molecular flexibility index (Phi) is 24.8. The van der Waals surface area contributed by atoms with E-state index in [1.807, 2.05) is 0 Å². The molecule has 0 aliphatic rings. The number of rotatable bonds is 8. The molecule has 0 radical (unpaired) electrons. The van der Waals surface area contributed by atoms with Crippen LogP contribution >= 0.6 is 7.82 Å². The standard InChI is InChI=1S/C10H22O.K.H3O4P.H/c1-3-5-7-9-11-10-8-6-4-2;;1-5(2,3)4;/h3-10H2,1-2H3;;(H3,1,2,3,4);/q;+1;;-1. The van der Waals surface area contributed by atoms with E-state index >= 15 is 0 Å². The van der Waals surface area contributed by atoms with Gasteiger partial charge >= 0.3 is 59.2 Å². The monoisotopic (exact) mass is 296 g/mol. The average Bonchev–Trinajstić information content (AvgIpc) is 2.14. The topological polar surface area (TPSA) is 87.0 Å². The first-order chi connectivity index (χ1) is 7.41. The summed E-state index contributed by atoms with van der Waals surface area (Å²) in [5, 5.41) is 0. The Morgan fingerprint density at radius 3 is 1.47 bits per heavy atom. The molecule has 5 nitrogen and oxygen atoms in total. The van der Waals surface area contributed by atoms with E-state index in [1.165, 1.54) is 38.5 Å². The molecule has 0 amide bonds. The van der Waals surface area contributed by atoms with E-state index in [-0.39, 0.29) is 52.8 Å². The van der Waals surface area contributed by atoms with Gasteiger partial charge in [-0.2, -0.15) is 0 Å². The molecule has 0 bridgehead atoms. The molecule has 3 N–H and O–H groups in total. The van der Waals surface area contributed by atoms with Crippen molar-refractivity contribution in [3.63, 3.8) is 0 Å². The van der Waals surface area contributed by atoms with Gasteiger partial charge in [-0.05, 0) is 12.8 Å². The molecule has 0 spiro atoms. The van der Waals surface area contributed by atoms with Crippen LogP contribution in [0.5, 0.6) is 0 Å². The Labute approximate surface area is 148 Å². The molecule has 0 unspecified atom stereocenters. The van der Waals surface area contributed by atoms with Gasteiger partial charge in [0.1, 0.15) is 0 Å². The molecule has 0 heterocycles. The number of hydrogen-bond acceptors (Lipinski definition) is 2. The Morgan fingerprint density at radius 2 is 1.24 bits per heavy atom. The fourth-order valence-corrected chi connectivity index (χ4v) is 1.01. The second-order valence-electron chi connectivity index (χ2n) is 3.54. The first kappa shape index (κ1) is 23.8. The van der Waals surface area contributed by atoms with Crippen molar-refractivity contribution in [2.45, 2.75) is 52.4 Å². The van der Waals surface area contributed by atoms with E-state index in [0.29, 0.717) is 0 Å². The van der Waals surface area contributed by atoms with Gasteiger partial charge in [0.25, 0.3) is 0 Å². The van der Waals surface area contributed by atoms with Crippen LogP contribution in [0.25, 0.3) is 0 Å². The van der Waals surface area contributed by atoms with Crippen molar-refractivity contribution in [3.05, 3.63) is 0 Å². The van der Waals surface area contributed by atoms with Crippen molar-refractivity contribution in [1.29, 1.82) is 0 Å². The Morgan fingerprint density at radius 1 is 0.941 bits per heavy atom. The summed E-state index contributed by atoms with van der Waals surface area (Å²) in [6.07, 6.45) is 7.68. The van der Waals surface area contributed by atoms with Crippen molar-refractivity contribution < 1.29 is 76.8 Å². The Hall–Kier alpha value is 1.71. The normalized spacial score (nSPS) is 10.2. The summed E-state index contributed by atoms with van der Waals surface area (Å²) in [7, 11) is -4.64. The van der Waals surface area contributed by atoms with Crippen LogP contribution in [-0.4, -0.2) is 27.9 Å². The predicted molar refractivity (Wildman–Crippen MR) is 65.2 cm³/mol. The summed E-state index contributed by atoms with van der Waals surface area (Å²) >= 11 is 0. The van der Waals surface area contributed by atoms with Gasteiger partial charge in [-0.15, -0.1) is 0 Å². The minimum Gasteiger partial charge on any atom is -1.00 e. The summed E-state index contributed by atoms with van der Waals surface area (Å²) in [5.74, 6) is 0. The van der Waals surface area contributed by atoms with Gasteiger partial charge in [-0.25, -0.2) is 4.57 Å². The molecule has 0 aromatic carbocycles. The zero-order valence-corrected chi connectivity index (χ0v) is 15.3. The van der Waals surface area contributed by atoms with Crippen LogP contribution in [0.3, 0.4) is 0 Å². The SMILES string of the molecule is CCCCCOCCCCC.O=P(O)(O)O.[H-].[K+]. The third-order valence-corrected chi connectivity index (χ3v) is 1.78. The van der Waals surface area contributed by atoms with E-state index in [4.69, 9.17) is 24.0 Å². The minimum absolute atomic E-state index is 0. The molecule has 7 heteroatoms. The smallest absolute Gasteiger partial charge is 1.00 e. The van der Waals surface area contributed by atoms with Crippen molar-refractivity contribution >= 4 is 7.82 Å². The number of ether oxygens (including phenoxy) is 1. The van der Waals surface area contributed by atoms with Crippen LogP contribution in [0.4, 0.5) is 0 Å². The maximum atomic E-state index is 8.88. The van der Waals surface area contributed by atoms with Crippen molar-refractivity contribution in [2.24, 2.45) is 0 Å². The summed E-state index contributed by atoms with van der Waals surface area (Å²) in [4.78, 5) is 21.6. The van der Waals surface area contributed by atoms with Crippen molar-refractivity contribution in [3.8, 4) is 0 Å². The van der Waals surface area contributed by atoms with Crippen LogP contribution < -0.4 is 51.4 Å². The fraction of sp³-hybridized carbons (Fsp3) is 1.00. The maximum absolute atomic E-state index is 8.88. The Bertz CT molecular complexity index is 163. The number of phosphoric acid groups is 1. The third-order valence-electron chi connectivity index (χ3n) is 1.78. The van der Waals surface area contributed by atoms with E-state index in [1.54, 1.807) is 0 Å². The van der Waals surface area contributed by atoms with Crippen LogP contribution in [0.2, 0.25) is 0 Å². The summed E-state index contributed by atoms with van der Waals surface area (Å²) in [6.45, 7) is 6.38. The molecule has 0 aliphatic heterocycles. The van der Waals surface area contributed by atoms with Crippen LogP contribution in [-0.2, 0) is 9.30 Å². The van der Waals surface area contributed by atoms with Gasteiger partial charge in [0.15, 0.2) is 0 Å². The minimum atomic E-state index is -4.64. The van der Waals surface area contributed by atoms with Crippen LogP contribution in [0, 0.1) is 0 Å². The second kappa shape index (κ2) is 17.7. The molecule has 0 aliphatic carbocycles. The van der Waals surface area contributed by atoms with Gasteiger partial charge < -0.3 is 20.8 Å². The second-order valence-corrected chi connectivity index (χ2v) is 4.57. The molecule has 102 valence electrons. The summed E-state index contributed by atoms with van der Waals surface area (Å²) in [6, 6.07) is 0. The number of hydrogen-bond donors (Lipinski definition) is 3. The van der Waals surface area contributed by atoms with Gasteiger partial charge in [-0.3, -0.25) is 0 Å².